The summed E-state index contributed by atoms with van der Waals surface area (Å²) >= 11 is 5.95. The zero-order chi connectivity index (χ0) is 14.5. The summed E-state index contributed by atoms with van der Waals surface area (Å²) in [6, 6.07) is 10.2. The maximum Gasteiger partial charge on any atom is 0.125 e. The van der Waals surface area contributed by atoms with Crippen molar-refractivity contribution in [3.63, 3.8) is 0 Å². The fourth-order valence-electron chi connectivity index (χ4n) is 2.23. The molecule has 1 unspecified atom stereocenters. The van der Waals surface area contributed by atoms with E-state index in [0.717, 1.165) is 23.1 Å². The van der Waals surface area contributed by atoms with Crippen LogP contribution >= 0.6 is 11.6 Å². The molecule has 20 heavy (non-hydrogen) atoms. The molecule has 1 aromatic carbocycles. The van der Waals surface area contributed by atoms with Crippen molar-refractivity contribution in [1.82, 2.24) is 15.3 Å². The Bertz CT molecular complexity index is 552. The number of aromatic nitrogens is 2. The van der Waals surface area contributed by atoms with E-state index in [1.807, 2.05) is 25.1 Å². The second kappa shape index (κ2) is 6.82. The number of nitrogens with one attached hydrogen (secondary N) is 1. The lowest BCUT2D eigenvalue weighted by Gasteiger charge is -2.23. The van der Waals surface area contributed by atoms with Gasteiger partial charge in [-0.3, -0.25) is 0 Å². The number of nitrogens with zero attached hydrogens (tertiary/aromatic N) is 2. The third kappa shape index (κ3) is 4.02. The predicted molar refractivity (Wildman–Crippen MR) is 82.6 cm³/mol. The number of aryl methyl sites for hydroxylation is 1. The molecule has 0 aliphatic rings. The Morgan fingerprint density at radius 1 is 1.15 bits per heavy atom. The second-order valence-corrected chi connectivity index (χ2v) is 5.69. The van der Waals surface area contributed by atoms with Gasteiger partial charge >= 0.3 is 0 Å². The van der Waals surface area contributed by atoms with Crippen molar-refractivity contribution in [2.45, 2.75) is 33.4 Å². The molecule has 1 heterocycles. The smallest absolute Gasteiger partial charge is 0.125 e. The van der Waals surface area contributed by atoms with Gasteiger partial charge in [0.1, 0.15) is 5.82 Å². The number of halogens is 1. The van der Waals surface area contributed by atoms with Gasteiger partial charge in [0.2, 0.25) is 0 Å². The molecule has 2 rings (SSSR count). The highest BCUT2D eigenvalue weighted by molar-refractivity contribution is 6.30. The van der Waals surface area contributed by atoms with E-state index < -0.39 is 0 Å². The lowest BCUT2D eigenvalue weighted by molar-refractivity contribution is 0.408. The van der Waals surface area contributed by atoms with E-state index in [9.17, 15) is 0 Å². The van der Waals surface area contributed by atoms with Crippen LogP contribution in [0.1, 0.15) is 37.0 Å². The van der Waals surface area contributed by atoms with Crippen LogP contribution in [0.4, 0.5) is 0 Å². The standard InChI is InChI=1S/C16H20ClN3/c1-11(2)16(13-4-6-14(17)7-5-13)19-10-15-8-9-18-12(3)20-15/h4-9,11,16,19H,10H2,1-3H3. The van der Waals surface area contributed by atoms with Crippen LogP contribution in [0.15, 0.2) is 36.5 Å². The molecule has 3 nitrogen and oxygen atoms in total. The van der Waals surface area contributed by atoms with E-state index in [1.165, 1.54) is 5.56 Å². The highest BCUT2D eigenvalue weighted by atomic mass is 35.5. The summed E-state index contributed by atoms with van der Waals surface area (Å²) in [7, 11) is 0. The number of hydrogen-bond acceptors (Lipinski definition) is 3. The van der Waals surface area contributed by atoms with Gasteiger partial charge in [0.05, 0.1) is 5.69 Å². The van der Waals surface area contributed by atoms with E-state index in [0.29, 0.717) is 5.92 Å². The van der Waals surface area contributed by atoms with Crippen LogP contribution in [-0.4, -0.2) is 9.97 Å². The molecule has 106 valence electrons. The van der Waals surface area contributed by atoms with E-state index in [4.69, 9.17) is 11.6 Å². The van der Waals surface area contributed by atoms with E-state index in [-0.39, 0.29) is 6.04 Å². The molecule has 0 amide bonds. The van der Waals surface area contributed by atoms with Crippen molar-refractivity contribution in [2.24, 2.45) is 5.92 Å². The summed E-state index contributed by atoms with van der Waals surface area (Å²) in [5.74, 6) is 1.29. The van der Waals surface area contributed by atoms with Gasteiger partial charge < -0.3 is 5.32 Å². The van der Waals surface area contributed by atoms with Crippen LogP contribution in [0.2, 0.25) is 5.02 Å². The molecule has 0 aliphatic carbocycles. The first-order chi connectivity index (χ1) is 9.56. The lowest BCUT2D eigenvalue weighted by Crippen LogP contribution is -2.25. The molecule has 0 aliphatic heterocycles. The van der Waals surface area contributed by atoms with Crippen LogP contribution in [0.3, 0.4) is 0 Å². The highest BCUT2D eigenvalue weighted by Crippen LogP contribution is 2.23. The van der Waals surface area contributed by atoms with Gasteiger partial charge in [-0.1, -0.05) is 37.6 Å². The molecule has 0 radical (unpaired) electrons. The van der Waals surface area contributed by atoms with Crippen LogP contribution in [0.5, 0.6) is 0 Å². The van der Waals surface area contributed by atoms with Gasteiger partial charge in [-0.2, -0.15) is 0 Å². The number of rotatable bonds is 5. The van der Waals surface area contributed by atoms with E-state index in [2.05, 4.69) is 41.3 Å². The molecule has 1 N–H and O–H groups in total. The molecule has 4 heteroatoms. The first-order valence-electron chi connectivity index (χ1n) is 6.83. The van der Waals surface area contributed by atoms with Gasteiger partial charge in [0, 0.05) is 23.8 Å². The molecule has 0 fully saturated rings. The van der Waals surface area contributed by atoms with Crippen molar-refractivity contribution >= 4 is 11.6 Å². The third-order valence-electron chi connectivity index (χ3n) is 3.23. The fraction of sp³-hybridized carbons (Fsp3) is 0.375. The Labute approximate surface area is 125 Å². The summed E-state index contributed by atoms with van der Waals surface area (Å²) in [5.41, 5.74) is 2.26. The van der Waals surface area contributed by atoms with Crippen molar-refractivity contribution in [1.29, 1.82) is 0 Å². The van der Waals surface area contributed by atoms with Crippen molar-refractivity contribution in [2.75, 3.05) is 0 Å². The summed E-state index contributed by atoms with van der Waals surface area (Å²) < 4.78 is 0. The first kappa shape index (κ1) is 14.9. The summed E-state index contributed by atoms with van der Waals surface area (Å²) in [6.07, 6.45) is 1.80. The summed E-state index contributed by atoms with van der Waals surface area (Å²) in [5, 5.41) is 4.33. The molecule has 1 atom stereocenters. The minimum Gasteiger partial charge on any atom is -0.304 e. The molecule has 0 saturated carbocycles. The van der Waals surface area contributed by atoms with Crippen LogP contribution in [-0.2, 0) is 6.54 Å². The molecular formula is C16H20ClN3. The Morgan fingerprint density at radius 3 is 2.45 bits per heavy atom. The Balaban J connectivity index is 2.08. The van der Waals surface area contributed by atoms with Crippen LogP contribution in [0, 0.1) is 12.8 Å². The van der Waals surface area contributed by atoms with Crippen molar-refractivity contribution in [3.8, 4) is 0 Å². The summed E-state index contributed by atoms with van der Waals surface area (Å²) in [6.45, 7) is 7.05. The largest absolute Gasteiger partial charge is 0.304 e. The quantitative estimate of drug-likeness (QED) is 0.906. The Morgan fingerprint density at radius 2 is 1.85 bits per heavy atom. The average Bonchev–Trinajstić information content (AvgIpc) is 2.41. The number of hydrogen-bond donors (Lipinski definition) is 1. The zero-order valence-electron chi connectivity index (χ0n) is 12.1. The predicted octanol–water partition coefficient (Wildman–Crippen LogP) is 3.93. The molecule has 0 spiro atoms. The van der Waals surface area contributed by atoms with Crippen molar-refractivity contribution < 1.29 is 0 Å². The molecule has 1 aromatic heterocycles. The molecule has 0 bridgehead atoms. The molecule has 2 aromatic rings. The SMILES string of the molecule is Cc1nccc(CNC(c2ccc(Cl)cc2)C(C)C)n1. The maximum absolute atomic E-state index is 5.95. The van der Waals surface area contributed by atoms with Gasteiger partial charge in [-0.15, -0.1) is 0 Å². The Kier molecular flexibility index (Phi) is 5.10. The highest BCUT2D eigenvalue weighted by Gasteiger charge is 2.15. The van der Waals surface area contributed by atoms with Gasteiger partial charge in [0.15, 0.2) is 0 Å². The average molecular weight is 290 g/mol. The molecular weight excluding hydrogens is 270 g/mol. The Hall–Kier alpha value is -1.45. The van der Waals surface area contributed by atoms with Crippen LogP contribution < -0.4 is 5.32 Å². The summed E-state index contributed by atoms with van der Waals surface area (Å²) in [4.78, 5) is 8.53. The van der Waals surface area contributed by atoms with E-state index in [1.54, 1.807) is 6.20 Å². The first-order valence-corrected chi connectivity index (χ1v) is 7.21. The second-order valence-electron chi connectivity index (χ2n) is 5.25. The minimum atomic E-state index is 0.280. The van der Waals surface area contributed by atoms with Crippen LogP contribution in [0.25, 0.3) is 0 Å². The molecule has 0 saturated heterocycles. The minimum absolute atomic E-state index is 0.280. The van der Waals surface area contributed by atoms with Gasteiger partial charge in [-0.25, -0.2) is 9.97 Å². The normalized spacial score (nSPS) is 12.7. The third-order valence-corrected chi connectivity index (χ3v) is 3.48. The fourth-order valence-corrected chi connectivity index (χ4v) is 2.35. The monoisotopic (exact) mass is 289 g/mol. The van der Waals surface area contributed by atoms with E-state index >= 15 is 0 Å². The van der Waals surface area contributed by atoms with Crippen molar-refractivity contribution in [3.05, 3.63) is 58.6 Å². The van der Waals surface area contributed by atoms with Gasteiger partial charge in [-0.05, 0) is 36.6 Å². The lowest BCUT2D eigenvalue weighted by atomic mass is 9.96. The van der Waals surface area contributed by atoms with Gasteiger partial charge in [0.25, 0.3) is 0 Å². The zero-order valence-corrected chi connectivity index (χ0v) is 12.9. The maximum atomic E-state index is 5.95. The number of benzene rings is 1. The topological polar surface area (TPSA) is 37.8 Å².